The van der Waals surface area contributed by atoms with Crippen molar-refractivity contribution < 1.29 is 14.3 Å². The van der Waals surface area contributed by atoms with E-state index in [0.717, 1.165) is 30.0 Å². The molecule has 0 unspecified atom stereocenters. The number of ether oxygens (including phenoxy) is 2. The summed E-state index contributed by atoms with van der Waals surface area (Å²) in [5, 5.41) is 8.20. The van der Waals surface area contributed by atoms with Gasteiger partial charge in [0.05, 0.1) is 24.1 Å². The molecule has 1 aromatic carbocycles. The molecule has 2 heterocycles. The average Bonchev–Trinajstić information content (AvgIpc) is 3.08. The first-order valence-electron chi connectivity index (χ1n) is 10.7. The molecule has 164 valence electrons. The number of aromatic nitrogens is 2. The molecule has 1 fully saturated rings. The highest BCUT2D eigenvalue weighted by Gasteiger charge is 2.27. The van der Waals surface area contributed by atoms with Gasteiger partial charge in [-0.05, 0) is 59.6 Å². The van der Waals surface area contributed by atoms with Gasteiger partial charge >= 0.3 is 6.09 Å². The van der Waals surface area contributed by atoms with Crippen molar-refractivity contribution in [3.63, 3.8) is 0 Å². The van der Waals surface area contributed by atoms with Gasteiger partial charge in [0.25, 0.3) is 0 Å². The predicted octanol–water partition coefficient (Wildman–Crippen LogP) is 4.61. The highest BCUT2D eigenvalue weighted by molar-refractivity contribution is 5.68. The number of piperidine rings is 1. The maximum atomic E-state index is 12.2. The number of carbonyl (C=O) groups is 1. The van der Waals surface area contributed by atoms with E-state index in [1.165, 1.54) is 0 Å². The Morgan fingerprint density at radius 1 is 1.20 bits per heavy atom. The topological polar surface area (TPSA) is 68.6 Å². The summed E-state index contributed by atoms with van der Waals surface area (Å²) in [6.07, 6.45) is 1.48. The number of rotatable bonds is 6. The number of likely N-dealkylation sites (tertiary alicyclic amines) is 1. The van der Waals surface area contributed by atoms with Crippen molar-refractivity contribution in [2.24, 2.45) is 0 Å². The van der Waals surface area contributed by atoms with Gasteiger partial charge < -0.3 is 19.7 Å². The van der Waals surface area contributed by atoms with E-state index in [2.05, 4.69) is 19.2 Å². The van der Waals surface area contributed by atoms with Crippen LogP contribution >= 0.6 is 0 Å². The smallest absolute Gasteiger partial charge is 0.410 e. The fourth-order valence-electron chi connectivity index (χ4n) is 3.40. The Morgan fingerprint density at radius 3 is 2.47 bits per heavy atom. The van der Waals surface area contributed by atoms with Crippen LogP contribution in [0, 0.1) is 0 Å². The van der Waals surface area contributed by atoms with E-state index in [4.69, 9.17) is 14.6 Å². The molecule has 2 aromatic rings. The van der Waals surface area contributed by atoms with Crippen molar-refractivity contribution in [2.45, 2.75) is 71.8 Å². The van der Waals surface area contributed by atoms with Gasteiger partial charge in [0, 0.05) is 25.2 Å². The average molecular weight is 415 g/mol. The van der Waals surface area contributed by atoms with E-state index < -0.39 is 5.60 Å². The lowest BCUT2D eigenvalue weighted by molar-refractivity contribution is -0.0178. The Labute approximate surface area is 179 Å². The standard InChI is InChI=1S/C23H34N4O3/c1-17(2)24-21-15-18(25-27(21)19-9-7-6-8-10-19)16-29-20-11-13-26(14-12-20)22(28)30-23(3,4)5/h6-10,15,17,20,24H,11-14,16H2,1-5H3. The molecule has 0 saturated carbocycles. The molecule has 0 bridgehead atoms. The number of anilines is 1. The highest BCUT2D eigenvalue weighted by Crippen LogP contribution is 2.21. The lowest BCUT2D eigenvalue weighted by Crippen LogP contribution is -2.43. The number of para-hydroxylation sites is 1. The molecule has 1 saturated heterocycles. The molecule has 0 aliphatic carbocycles. The largest absolute Gasteiger partial charge is 0.444 e. The second kappa shape index (κ2) is 9.51. The Balaban J connectivity index is 1.56. The van der Waals surface area contributed by atoms with Gasteiger partial charge in [0.2, 0.25) is 0 Å². The zero-order chi connectivity index (χ0) is 21.7. The van der Waals surface area contributed by atoms with Crippen LogP contribution in [0.25, 0.3) is 5.69 Å². The van der Waals surface area contributed by atoms with Crippen LogP contribution in [-0.4, -0.2) is 51.6 Å². The molecule has 1 aromatic heterocycles. The second-order valence-electron chi connectivity index (χ2n) is 9.05. The fraction of sp³-hybridized carbons (Fsp3) is 0.565. The lowest BCUT2D eigenvalue weighted by Gasteiger charge is -2.33. The van der Waals surface area contributed by atoms with E-state index in [-0.39, 0.29) is 12.2 Å². The summed E-state index contributed by atoms with van der Waals surface area (Å²) in [5.41, 5.74) is 1.43. The summed E-state index contributed by atoms with van der Waals surface area (Å²) < 4.78 is 13.5. The van der Waals surface area contributed by atoms with Crippen molar-refractivity contribution in [2.75, 3.05) is 18.4 Å². The zero-order valence-corrected chi connectivity index (χ0v) is 18.7. The Kier molecular flexibility index (Phi) is 7.02. The first-order valence-corrected chi connectivity index (χ1v) is 10.7. The van der Waals surface area contributed by atoms with Gasteiger partial charge in [0.1, 0.15) is 11.4 Å². The number of benzene rings is 1. The summed E-state index contributed by atoms with van der Waals surface area (Å²) in [7, 11) is 0. The summed E-state index contributed by atoms with van der Waals surface area (Å²) >= 11 is 0. The van der Waals surface area contributed by atoms with Crippen LogP contribution in [0.1, 0.15) is 53.2 Å². The molecule has 1 amide bonds. The Hall–Kier alpha value is -2.54. The molecule has 3 rings (SSSR count). The third-order valence-corrected chi connectivity index (χ3v) is 4.76. The maximum Gasteiger partial charge on any atom is 0.410 e. The molecule has 30 heavy (non-hydrogen) atoms. The van der Waals surface area contributed by atoms with Gasteiger partial charge in [-0.2, -0.15) is 5.10 Å². The van der Waals surface area contributed by atoms with Crippen molar-refractivity contribution in [3.8, 4) is 5.69 Å². The molecule has 0 atom stereocenters. The minimum atomic E-state index is -0.469. The maximum absolute atomic E-state index is 12.2. The van der Waals surface area contributed by atoms with Crippen molar-refractivity contribution >= 4 is 11.9 Å². The number of amides is 1. The van der Waals surface area contributed by atoms with Crippen LogP contribution in [0.5, 0.6) is 0 Å². The third-order valence-electron chi connectivity index (χ3n) is 4.76. The van der Waals surface area contributed by atoms with E-state index in [9.17, 15) is 4.79 Å². The molecule has 1 aliphatic heterocycles. The van der Waals surface area contributed by atoms with E-state index in [1.54, 1.807) is 4.90 Å². The minimum absolute atomic E-state index is 0.118. The molecule has 0 radical (unpaired) electrons. The van der Waals surface area contributed by atoms with Crippen LogP contribution in [0.3, 0.4) is 0 Å². The molecule has 1 N–H and O–H groups in total. The molecular weight excluding hydrogens is 380 g/mol. The van der Waals surface area contributed by atoms with E-state index in [1.807, 2.05) is 61.9 Å². The normalized spacial score (nSPS) is 15.5. The summed E-state index contributed by atoms with van der Waals surface area (Å²) in [6.45, 7) is 11.6. The molecule has 7 nitrogen and oxygen atoms in total. The molecule has 0 spiro atoms. The number of nitrogens with one attached hydrogen (secondary N) is 1. The summed E-state index contributed by atoms with van der Waals surface area (Å²) in [4.78, 5) is 14.0. The van der Waals surface area contributed by atoms with Gasteiger partial charge in [0.15, 0.2) is 0 Å². The Bertz CT molecular complexity index is 819. The van der Waals surface area contributed by atoms with Gasteiger partial charge in [-0.15, -0.1) is 0 Å². The van der Waals surface area contributed by atoms with Crippen LogP contribution < -0.4 is 5.32 Å². The first-order chi connectivity index (χ1) is 14.2. The van der Waals surface area contributed by atoms with Gasteiger partial charge in [-0.3, -0.25) is 0 Å². The molecule has 7 heteroatoms. The highest BCUT2D eigenvalue weighted by atomic mass is 16.6. The number of hydrogen-bond donors (Lipinski definition) is 1. The minimum Gasteiger partial charge on any atom is -0.444 e. The summed E-state index contributed by atoms with van der Waals surface area (Å²) in [6, 6.07) is 12.4. The van der Waals surface area contributed by atoms with Gasteiger partial charge in [-0.1, -0.05) is 18.2 Å². The third kappa shape index (κ3) is 6.23. The fourth-order valence-corrected chi connectivity index (χ4v) is 3.40. The first kappa shape index (κ1) is 22.2. The van der Waals surface area contributed by atoms with Crippen molar-refractivity contribution in [1.82, 2.24) is 14.7 Å². The van der Waals surface area contributed by atoms with Crippen molar-refractivity contribution in [3.05, 3.63) is 42.1 Å². The lowest BCUT2D eigenvalue weighted by atomic mass is 10.1. The van der Waals surface area contributed by atoms with Gasteiger partial charge in [-0.25, -0.2) is 9.48 Å². The predicted molar refractivity (Wildman–Crippen MR) is 118 cm³/mol. The Morgan fingerprint density at radius 2 is 1.87 bits per heavy atom. The van der Waals surface area contributed by atoms with E-state index >= 15 is 0 Å². The second-order valence-corrected chi connectivity index (χ2v) is 9.05. The SMILES string of the molecule is CC(C)Nc1cc(COC2CCN(C(=O)OC(C)(C)C)CC2)nn1-c1ccccc1. The number of carbonyl (C=O) groups excluding carboxylic acids is 1. The monoisotopic (exact) mass is 414 g/mol. The summed E-state index contributed by atoms with van der Waals surface area (Å²) in [5.74, 6) is 0.953. The van der Waals surface area contributed by atoms with Crippen LogP contribution in [0.4, 0.5) is 10.6 Å². The molecular formula is C23H34N4O3. The van der Waals surface area contributed by atoms with Crippen molar-refractivity contribution in [1.29, 1.82) is 0 Å². The van der Waals surface area contributed by atoms with Crippen LogP contribution in [0.15, 0.2) is 36.4 Å². The van der Waals surface area contributed by atoms with Crippen LogP contribution in [0.2, 0.25) is 0 Å². The molecule has 1 aliphatic rings. The zero-order valence-electron chi connectivity index (χ0n) is 18.7. The number of nitrogens with zero attached hydrogens (tertiary/aromatic N) is 3. The van der Waals surface area contributed by atoms with E-state index in [0.29, 0.717) is 25.7 Å². The quantitative estimate of drug-likeness (QED) is 0.748. The number of hydrogen-bond acceptors (Lipinski definition) is 5. The van der Waals surface area contributed by atoms with Crippen LogP contribution in [-0.2, 0) is 16.1 Å².